The van der Waals surface area contributed by atoms with Crippen LogP contribution in [0.15, 0.2) is 36.4 Å². The normalized spacial score (nSPS) is 12.9. The number of hydrogen-bond donors (Lipinski definition) is 0. The van der Waals surface area contributed by atoms with Gasteiger partial charge >= 0.3 is 5.97 Å². The first-order chi connectivity index (χ1) is 13.8. The molecule has 0 atom stereocenters. The van der Waals surface area contributed by atoms with Crippen LogP contribution in [0.3, 0.4) is 0 Å². The van der Waals surface area contributed by atoms with Crippen molar-refractivity contribution in [2.75, 3.05) is 20.3 Å². The Bertz CT molecular complexity index is 937. The number of methoxy groups -OCH3 is 1. The number of ether oxygens (including phenoxy) is 3. The molecule has 2 aromatic carbocycles. The molecule has 1 heterocycles. The predicted octanol–water partition coefficient (Wildman–Crippen LogP) is 3.59. The van der Waals surface area contributed by atoms with Gasteiger partial charge in [-0.3, -0.25) is 14.5 Å². The molecular formula is C21H20ClNO6. The molecule has 0 saturated heterocycles. The van der Waals surface area contributed by atoms with Crippen LogP contribution in [0.2, 0.25) is 5.02 Å². The number of benzene rings is 2. The van der Waals surface area contributed by atoms with Crippen molar-refractivity contribution < 1.29 is 28.6 Å². The summed E-state index contributed by atoms with van der Waals surface area (Å²) in [6.45, 7) is 3.50. The monoisotopic (exact) mass is 417 g/mol. The van der Waals surface area contributed by atoms with Crippen LogP contribution in [-0.2, 0) is 4.74 Å². The van der Waals surface area contributed by atoms with Crippen molar-refractivity contribution in [3.8, 4) is 11.5 Å². The van der Waals surface area contributed by atoms with Gasteiger partial charge < -0.3 is 14.2 Å². The fraction of sp³-hybridized carbons (Fsp3) is 0.286. The molecule has 0 spiro atoms. The van der Waals surface area contributed by atoms with Gasteiger partial charge in [0.1, 0.15) is 6.61 Å². The van der Waals surface area contributed by atoms with Crippen molar-refractivity contribution in [2.24, 2.45) is 0 Å². The van der Waals surface area contributed by atoms with Crippen LogP contribution in [0.4, 0.5) is 0 Å². The lowest BCUT2D eigenvalue weighted by Gasteiger charge is -2.16. The number of imide groups is 1. The number of rotatable bonds is 7. The standard InChI is InChI=1S/C21H20ClNO6/c1-12(2)29-18-16(22)10-13(11-17(18)27-3)21(26)28-9-8-23-19(24)14-6-4-5-7-15(14)20(23)25/h4-7,10-12H,8-9H2,1-3H3. The zero-order valence-corrected chi connectivity index (χ0v) is 17.0. The van der Waals surface area contributed by atoms with E-state index in [1.54, 1.807) is 24.3 Å². The Balaban J connectivity index is 1.65. The van der Waals surface area contributed by atoms with Crippen LogP contribution in [0.25, 0.3) is 0 Å². The van der Waals surface area contributed by atoms with Gasteiger partial charge in [-0.15, -0.1) is 0 Å². The highest BCUT2D eigenvalue weighted by Gasteiger charge is 2.34. The molecule has 0 N–H and O–H groups in total. The summed E-state index contributed by atoms with van der Waals surface area (Å²) in [5.41, 5.74) is 0.868. The molecule has 1 aliphatic heterocycles. The van der Waals surface area contributed by atoms with Gasteiger partial charge in [0.15, 0.2) is 11.5 Å². The lowest BCUT2D eigenvalue weighted by atomic mass is 10.1. The molecule has 1 aliphatic rings. The molecule has 0 aliphatic carbocycles. The Labute approximate surface area is 173 Å². The van der Waals surface area contributed by atoms with Gasteiger partial charge in [-0.05, 0) is 38.1 Å². The van der Waals surface area contributed by atoms with Gasteiger partial charge in [0.05, 0.1) is 41.5 Å². The summed E-state index contributed by atoms with van der Waals surface area (Å²) in [7, 11) is 1.44. The highest BCUT2D eigenvalue weighted by molar-refractivity contribution is 6.32. The summed E-state index contributed by atoms with van der Waals surface area (Å²) in [5, 5.41) is 0.213. The first-order valence-corrected chi connectivity index (χ1v) is 9.37. The maximum atomic E-state index is 12.4. The molecule has 0 aromatic heterocycles. The Morgan fingerprint density at radius 1 is 1.10 bits per heavy atom. The number of hydrogen-bond acceptors (Lipinski definition) is 6. The van der Waals surface area contributed by atoms with E-state index in [2.05, 4.69) is 0 Å². The molecular weight excluding hydrogens is 398 g/mol. The van der Waals surface area contributed by atoms with Crippen LogP contribution in [0.1, 0.15) is 44.9 Å². The molecule has 0 unspecified atom stereocenters. The molecule has 7 nitrogen and oxygen atoms in total. The molecule has 0 bridgehead atoms. The van der Waals surface area contributed by atoms with E-state index in [0.717, 1.165) is 4.90 Å². The predicted molar refractivity (Wildman–Crippen MR) is 106 cm³/mol. The van der Waals surface area contributed by atoms with Crippen molar-refractivity contribution in [3.05, 3.63) is 58.1 Å². The lowest BCUT2D eigenvalue weighted by molar-refractivity contribution is 0.0420. The second kappa shape index (κ2) is 8.53. The second-order valence-corrected chi connectivity index (χ2v) is 7.01. The number of carbonyl (C=O) groups is 3. The van der Waals surface area contributed by atoms with E-state index in [1.165, 1.54) is 19.2 Å². The minimum atomic E-state index is -0.655. The third kappa shape index (κ3) is 4.19. The number of carbonyl (C=O) groups excluding carboxylic acids is 3. The van der Waals surface area contributed by atoms with Gasteiger partial charge in [0, 0.05) is 0 Å². The highest BCUT2D eigenvalue weighted by Crippen LogP contribution is 2.37. The summed E-state index contributed by atoms with van der Waals surface area (Å²) >= 11 is 6.22. The maximum Gasteiger partial charge on any atom is 0.338 e. The average Bonchev–Trinajstić information content (AvgIpc) is 2.94. The number of nitrogens with zero attached hydrogens (tertiary/aromatic N) is 1. The molecule has 2 amide bonds. The largest absolute Gasteiger partial charge is 0.493 e. The molecule has 0 radical (unpaired) electrons. The zero-order chi connectivity index (χ0) is 21.1. The minimum Gasteiger partial charge on any atom is -0.493 e. The first-order valence-electron chi connectivity index (χ1n) is 9.00. The maximum absolute atomic E-state index is 12.4. The Hall–Kier alpha value is -3.06. The second-order valence-electron chi connectivity index (χ2n) is 6.60. The third-order valence-corrected chi connectivity index (χ3v) is 4.53. The molecule has 0 saturated carbocycles. The van der Waals surface area contributed by atoms with E-state index >= 15 is 0 Å². The van der Waals surface area contributed by atoms with Crippen LogP contribution in [-0.4, -0.2) is 49.0 Å². The fourth-order valence-electron chi connectivity index (χ4n) is 2.94. The topological polar surface area (TPSA) is 82.1 Å². The average molecular weight is 418 g/mol. The number of esters is 1. The van der Waals surface area contributed by atoms with E-state index < -0.39 is 17.8 Å². The minimum absolute atomic E-state index is 0.0441. The van der Waals surface area contributed by atoms with Gasteiger partial charge in [0.25, 0.3) is 11.8 Å². The molecule has 152 valence electrons. The summed E-state index contributed by atoms with van der Waals surface area (Å²) in [4.78, 5) is 38.1. The Kier molecular flexibility index (Phi) is 6.08. The molecule has 0 fully saturated rings. The van der Waals surface area contributed by atoms with E-state index in [-0.39, 0.29) is 29.8 Å². The SMILES string of the molecule is COc1cc(C(=O)OCCN2C(=O)c3ccccc3C2=O)cc(Cl)c1OC(C)C. The van der Waals surface area contributed by atoms with Crippen LogP contribution in [0, 0.1) is 0 Å². The molecule has 29 heavy (non-hydrogen) atoms. The lowest BCUT2D eigenvalue weighted by Crippen LogP contribution is -2.33. The van der Waals surface area contributed by atoms with Gasteiger partial charge in [-0.2, -0.15) is 0 Å². The van der Waals surface area contributed by atoms with E-state index in [1.807, 2.05) is 13.8 Å². The first kappa shape index (κ1) is 20.7. The summed E-state index contributed by atoms with van der Waals surface area (Å²) in [6, 6.07) is 9.46. The van der Waals surface area contributed by atoms with Crippen molar-refractivity contribution in [1.29, 1.82) is 0 Å². The summed E-state index contributed by atoms with van der Waals surface area (Å²) in [5.74, 6) is -0.814. The smallest absolute Gasteiger partial charge is 0.338 e. The van der Waals surface area contributed by atoms with Crippen LogP contribution in [0.5, 0.6) is 11.5 Å². The van der Waals surface area contributed by atoms with E-state index in [9.17, 15) is 14.4 Å². The molecule has 3 rings (SSSR count). The fourth-order valence-corrected chi connectivity index (χ4v) is 3.20. The number of fused-ring (bicyclic) bond motifs is 1. The van der Waals surface area contributed by atoms with Crippen molar-refractivity contribution in [3.63, 3.8) is 0 Å². The van der Waals surface area contributed by atoms with Crippen LogP contribution < -0.4 is 9.47 Å². The summed E-state index contributed by atoms with van der Waals surface area (Å²) < 4.78 is 16.1. The van der Waals surface area contributed by atoms with E-state index in [4.69, 9.17) is 25.8 Å². The van der Waals surface area contributed by atoms with Gasteiger partial charge in [-0.25, -0.2) is 4.79 Å². The number of amides is 2. The molecule has 8 heteroatoms. The van der Waals surface area contributed by atoms with Crippen molar-refractivity contribution in [1.82, 2.24) is 4.90 Å². The van der Waals surface area contributed by atoms with E-state index in [0.29, 0.717) is 22.6 Å². The quantitative estimate of drug-likeness (QED) is 0.505. The Morgan fingerprint density at radius 2 is 1.72 bits per heavy atom. The molecule has 2 aromatic rings. The summed E-state index contributed by atoms with van der Waals surface area (Å²) in [6.07, 6.45) is -0.126. The van der Waals surface area contributed by atoms with Crippen molar-refractivity contribution >= 4 is 29.4 Å². The third-order valence-electron chi connectivity index (χ3n) is 4.24. The highest BCUT2D eigenvalue weighted by atomic mass is 35.5. The van der Waals surface area contributed by atoms with Crippen molar-refractivity contribution in [2.45, 2.75) is 20.0 Å². The zero-order valence-electron chi connectivity index (χ0n) is 16.2. The number of halogens is 1. The van der Waals surface area contributed by atoms with Crippen LogP contribution >= 0.6 is 11.6 Å². The van der Waals surface area contributed by atoms with Gasteiger partial charge in [-0.1, -0.05) is 23.7 Å². The van der Waals surface area contributed by atoms with Gasteiger partial charge in [0.2, 0.25) is 0 Å². The Morgan fingerprint density at radius 3 is 2.28 bits per heavy atom.